The van der Waals surface area contributed by atoms with E-state index in [0.717, 1.165) is 0 Å². The van der Waals surface area contributed by atoms with Gasteiger partial charge in [0, 0.05) is 13.0 Å². The lowest BCUT2D eigenvalue weighted by Gasteiger charge is -2.33. The van der Waals surface area contributed by atoms with Crippen molar-refractivity contribution in [2.24, 2.45) is 0 Å². The van der Waals surface area contributed by atoms with Crippen LogP contribution in [0.4, 0.5) is 0 Å². The largest absolute Gasteiger partial charge is 0.393 e. The van der Waals surface area contributed by atoms with E-state index in [9.17, 15) is 25.5 Å². The van der Waals surface area contributed by atoms with Crippen LogP contribution in [0.1, 0.15) is 39.5 Å². The fraction of sp³-hybridized carbons (Fsp3) is 0.833. The zero-order valence-electron chi connectivity index (χ0n) is 16.0. The zero-order valence-corrected chi connectivity index (χ0v) is 16.8. The van der Waals surface area contributed by atoms with E-state index in [-0.39, 0.29) is 13.0 Å². The maximum Gasteiger partial charge on any atom is 0.166 e. The number of nitrogens with one attached hydrogen (secondary N) is 2. The fourth-order valence-electron chi connectivity index (χ4n) is 2.85. The van der Waals surface area contributed by atoms with Gasteiger partial charge in [-0.05, 0) is 38.4 Å². The Hall–Kier alpha value is -0.810. The number of hydrogen-bond donors (Lipinski definition) is 7. The molecular formula is C18H34N2O6S. The van der Waals surface area contributed by atoms with E-state index in [1.807, 2.05) is 13.8 Å². The van der Waals surface area contributed by atoms with E-state index in [1.54, 1.807) is 6.08 Å². The quantitative estimate of drug-likeness (QED) is 0.194. The number of aliphatic hydroxyl groups excluding tert-OH is 5. The molecule has 0 radical (unpaired) electrons. The molecular weight excluding hydrogens is 372 g/mol. The molecule has 1 aliphatic carbocycles. The Labute approximate surface area is 166 Å². The van der Waals surface area contributed by atoms with Gasteiger partial charge in [-0.3, -0.25) is 0 Å². The van der Waals surface area contributed by atoms with Gasteiger partial charge in [-0.2, -0.15) is 0 Å². The number of thiocarbonyl (C=S) groups is 1. The molecule has 0 fully saturated rings. The molecule has 0 aromatic heterocycles. The molecule has 0 aromatic carbocycles. The topological polar surface area (TPSA) is 134 Å². The van der Waals surface area contributed by atoms with Gasteiger partial charge in [0.25, 0.3) is 0 Å². The van der Waals surface area contributed by atoms with Gasteiger partial charge in [0.05, 0.1) is 31.0 Å². The molecule has 0 amide bonds. The van der Waals surface area contributed by atoms with E-state index in [1.165, 1.54) is 6.08 Å². The molecule has 0 saturated carbocycles. The molecule has 8 nitrogen and oxygen atoms in total. The molecule has 158 valence electrons. The Morgan fingerprint density at radius 3 is 2.56 bits per heavy atom. The summed E-state index contributed by atoms with van der Waals surface area (Å²) in [6.45, 7) is 4.34. The second-order valence-electron chi connectivity index (χ2n) is 6.82. The maximum atomic E-state index is 10.5. The van der Waals surface area contributed by atoms with Gasteiger partial charge >= 0.3 is 0 Å². The highest BCUT2D eigenvalue weighted by atomic mass is 32.1. The van der Waals surface area contributed by atoms with Crippen molar-refractivity contribution in [3.05, 3.63) is 12.2 Å². The Kier molecular flexibility index (Phi) is 11.3. The number of aliphatic hydroxyl groups is 5. The van der Waals surface area contributed by atoms with Crippen LogP contribution in [0.2, 0.25) is 0 Å². The van der Waals surface area contributed by atoms with Crippen LogP contribution in [0.5, 0.6) is 0 Å². The highest BCUT2D eigenvalue weighted by Gasteiger charge is 2.33. The lowest BCUT2D eigenvalue weighted by Crippen LogP contribution is -2.52. The third-order valence-electron chi connectivity index (χ3n) is 4.62. The molecule has 1 aliphatic rings. The Morgan fingerprint density at radius 1 is 1.22 bits per heavy atom. The van der Waals surface area contributed by atoms with Gasteiger partial charge < -0.3 is 40.9 Å². The van der Waals surface area contributed by atoms with Crippen molar-refractivity contribution in [1.82, 2.24) is 10.6 Å². The normalized spacial score (nSPS) is 30.5. The minimum atomic E-state index is -1.35. The summed E-state index contributed by atoms with van der Waals surface area (Å²) < 4.78 is 5.78. The molecule has 0 aromatic rings. The molecule has 0 saturated heterocycles. The minimum Gasteiger partial charge on any atom is -0.393 e. The average Bonchev–Trinajstić information content (AvgIpc) is 2.64. The van der Waals surface area contributed by atoms with Gasteiger partial charge in [0.2, 0.25) is 0 Å². The fourth-order valence-corrected chi connectivity index (χ4v) is 3.15. The number of hydrogen-bond acceptors (Lipinski definition) is 7. The summed E-state index contributed by atoms with van der Waals surface area (Å²) in [6, 6.07) is -0.604. The van der Waals surface area contributed by atoms with E-state index < -0.39 is 42.7 Å². The first-order chi connectivity index (χ1) is 12.8. The Morgan fingerprint density at radius 2 is 1.93 bits per heavy atom. The third-order valence-corrected chi connectivity index (χ3v) is 4.89. The molecule has 9 heteroatoms. The minimum absolute atomic E-state index is 0.0113. The molecule has 0 heterocycles. The van der Waals surface area contributed by atoms with Crippen LogP contribution in [0.3, 0.4) is 0 Å². The first-order valence-electron chi connectivity index (χ1n) is 9.53. The lowest BCUT2D eigenvalue weighted by molar-refractivity contribution is -0.124. The predicted octanol–water partition coefficient (Wildman–Crippen LogP) is -0.821. The summed E-state index contributed by atoms with van der Waals surface area (Å²) in [5.41, 5.74) is 0. The molecule has 0 spiro atoms. The van der Waals surface area contributed by atoms with Gasteiger partial charge in [0.15, 0.2) is 5.11 Å². The highest BCUT2D eigenvalue weighted by Crippen LogP contribution is 2.18. The van der Waals surface area contributed by atoms with Crippen LogP contribution < -0.4 is 10.6 Å². The number of allylic oxidation sites excluding steroid dienone is 1. The predicted molar refractivity (Wildman–Crippen MR) is 106 cm³/mol. The summed E-state index contributed by atoms with van der Waals surface area (Å²) in [5.74, 6) is 0. The van der Waals surface area contributed by atoms with Crippen molar-refractivity contribution in [1.29, 1.82) is 0 Å². The first kappa shape index (κ1) is 24.2. The lowest BCUT2D eigenvalue weighted by atomic mass is 9.96. The standard InChI is InChI=1S/C18H34N2O6S/c1-3-11(21)9-14(23)12(20-18(27)19-4-2)10-26-15-8-6-5-7-13(22)16(24)17(15)25/h5,7,11-17,21-25H,3-4,6,8-10H2,1-2H3,(H2,19,20,27)/b7-5-. The van der Waals surface area contributed by atoms with E-state index >= 15 is 0 Å². The molecule has 0 aliphatic heterocycles. The van der Waals surface area contributed by atoms with Gasteiger partial charge in [-0.1, -0.05) is 19.1 Å². The van der Waals surface area contributed by atoms with E-state index in [2.05, 4.69) is 10.6 Å². The maximum absolute atomic E-state index is 10.5. The van der Waals surface area contributed by atoms with Crippen molar-refractivity contribution < 1.29 is 30.3 Å². The Bertz CT molecular complexity index is 467. The monoisotopic (exact) mass is 406 g/mol. The molecule has 0 bridgehead atoms. The summed E-state index contributed by atoms with van der Waals surface area (Å²) in [4.78, 5) is 0. The molecule has 1 rings (SSSR count). The van der Waals surface area contributed by atoms with Crippen LogP contribution in [0.15, 0.2) is 12.2 Å². The SMILES string of the molecule is CCNC(=S)NC(COC1CC/C=C\C(O)C(O)C1O)C(O)CC(O)CC. The van der Waals surface area contributed by atoms with E-state index in [4.69, 9.17) is 17.0 Å². The molecule has 7 N–H and O–H groups in total. The molecule has 27 heavy (non-hydrogen) atoms. The van der Waals surface area contributed by atoms with Crippen LogP contribution >= 0.6 is 12.2 Å². The van der Waals surface area contributed by atoms with Crippen molar-refractivity contribution in [2.45, 2.75) is 82.2 Å². The van der Waals surface area contributed by atoms with Gasteiger partial charge in [-0.15, -0.1) is 0 Å². The van der Waals surface area contributed by atoms with Gasteiger partial charge in [0.1, 0.15) is 18.3 Å². The van der Waals surface area contributed by atoms with Crippen LogP contribution in [0.25, 0.3) is 0 Å². The van der Waals surface area contributed by atoms with E-state index in [0.29, 0.717) is 30.9 Å². The second-order valence-corrected chi connectivity index (χ2v) is 7.23. The van der Waals surface area contributed by atoms with Crippen LogP contribution in [-0.2, 0) is 4.74 Å². The second kappa shape index (κ2) is 12.6. The summed E-state index contributed by atoms with van der Waals surface area (Å²) >= 11 is 5.18. The smallest absolute Gasteiger partial charge is 0.166 e. The van der Waals surface area contributed by atoms with Crippen molar-refractivity contribution in [2.75, 3.05) is 13.2 Å². The Balaban J connectivity index is 2.74. The van der Waals surface area contributed by atoms with Crippen LogP contribution in [0, 0.1) is 0 Å². The van der Waals surface area contributed by atoms with Crippen LogP contribution in [-0.4, -0.2) is 86.5 Å². The highest BCUT2D eigenvalue weighted by molar-refractivity contribution is 7.80. The van der Waals surface area contributed by atoms with Crippen molar-refractivity contribution >= 4 is 17.3 Å². The molecule has 7 unspecified atom stereocenters. The molecule has 7 atom stereocenters. The summed E-state index contributed by atoms with van der Waals surface area (Å²) in [5, 5.41) is 56.6. The number of ether oxygens (including phenoxy) is 1. The summed E-state index contributed by atoms with van der Waals surface area (Å²) in [6.07, 6.45) is -1.15. The summed E-state index contributed by atoms with van der Waals surface area (Å²) in [7, 11) is 0. The first-order valence-corrected chi connectivity index (χ1v) is 9.93. The average molecular weight is 407 g/mol. The van der Waals surface area contributed by atoms with Gasteiger partial charge in [-0.25, -0.2) is 0 Å². The third kappa shape index (κ3) is 8.39. The zero-order chi connectivity index (χ0) is 20.4. The van der Waals surface area contributed by atoms with Crippen molar-refractivity contribution in [3.8, 4) is 0 Å². The number of rotatable bonds is 9. The van der Waals surface area contributed by atoms with Crippen molar-refractivity contribution in [3.63, 3.8) is 0 Å².